The van der Waals surface area contributed by atoms with Crippen molar-refractivity contribution < 1.29 is 4.79 Å². The maximum absolute atomic E-state index is 10.5. The highest BCUT2D eigenvalue weighted by molar-refractivity contribution is 7.99. The summed E-state index contributed by atoms with van der Waals surface area (Å²) >= 11 is 1.85. The lowest BCUT2D eigenvalue weighted by atomic mass is 10.2. The van der Waals surface area contributed by atoms with Crippen LogP contribution in [0.2, 0.25) is 0 Å². The second kappa shape index (κ2) is 6.49. The second-order valence-corrected chi connectivity index (χ2v) is 3.74. The number of thioether (sulfide) groups is 1. The summed E-state index contributed by atoms with van der Waals surface area (Å²) in [6.07, 6.45) is 1.69. The average molecular weight is 176 g/mol. The summed E-state index contributed by atoms with van der Waals surface area (Å²) in [5, 5.41) is 0. The number of amides is 1. The first kappa shape index (κ1) is 10.8. The first-order valence-electron chi connectivity index (χ1n) is 3.81. The van der Waals surface area contributed by atoms with Crippen LogP contribution in [0.15, 0.2) is 0 Å². The third-order valence-corrected chi connectivity index (χ3v) is 2.36. The number of carbonyl (C=O) groups excluding carboxylic acids is 1. The van der Waals surface area contributed by atoms with E-state index in [1.54, 1.807) is 0 Å². The van der Waals surface area contributed by atoms with E-state index in [4.69, 9.17) is 11.5 Å². The predicted octanol–water partition coefficient (Wildman–Crippen LogP) is 0.332. The van der Waals surface area contributed by atoms with E-state index in [-0.39, 0.29) is 0 Å². The van der Waals surface area contributed by atoms with Gasteiger partial charge in [0.15, 0.2) is 0 Å². The molecule has 0 spiro atoms. The monoisotopic (exact) mass is 176 g/mol. The van der Waals surface area contributed by atoms with E-state index in [1.807, 2.05) is 11.8 Å². The van der Waals surface area contributed by atoms with Crippen molar-refractivity contribution >= 4 is 17.7 Å². The smallest absolute Gasteiger partial charge is 0.234 e. The molecule has 0 aliphatic carbocycles. The molecule has 0 aromatic rings. The molecular formula is C7H16N2OS. The highest BCUT2D eigenvalue weighted by Crippen LogP contribution is 2.04. The van der Waals surface area contributed by atoms with E-state index in [9.17, 15) is 4.79 Å². The topological polar surface area (TPSA) is 69.1 Å². The molecule has 0 saturated heterocycles. The highest BCUT2D eigenvalue weighted by Gasteiger charge is 2.07. The minimum absolute atomic E-state index is 0.397. The molecule has 0 rings (SSSR count). The van der Waals surface area contributed by atoms with Gasteiger partial charge in [-0.2, -0.15) is 11.8 Å². The fraction of sp³-hybridized carbons (Fsp3) is 0.857. The lowest BCUT2D eigenvalue weighted by molar-refractivity contribution is -0.119. The molecular weight excluding hydrogens is 160 g/mol. The van der Waals surface area contributed by atoms with Gasteiger partial charge in [-0.05, 0) is 24.3 Å². The van der Waals surface area contributed by atoms with Crippen molar-refractivity contribution in [3.8, 4) is 0 Å². The molecule has 0 aliphatic rings. The van der Waals surface area contributed by atoms with Crippen molar-refractivity contribution in [2.75, 3.05) is 11.5 Å². The number of hydrogen-bond donors (Lipinski definition) is 2. The second-order valence-electron chi connectivity index (χ2n) is 2.35. The maximum Gasteiger partial charge on any atom is 0.234 e. The van der Waals surface area contributed by atoms with Crippen molar-refractivity contribution in [2.24, 2.45) is 11.5 Å². The zero-order valence-electron chi connectivity index (χ0n) is 6.88. The Bertz CT molecular complexity index is 119. The SMILES string of the molecule is CCSCCCC(N)C(N)=O. The van der Waals surface area contributed by atoms with Gasteiger partial charge in [-0.3, -0.25) is 4.79 Å². The van der Waals surface area contributed by atoms with Gasteiger partial charge in [-0.15, -0.1) is 0 Å². The van der Waals surface area contributed by atoms with Gasteiger partial charge in [-0.25, -0.2) is 0 Å². The number of primary amides is 1. The molecule has 0 bridgehead atoms. The van der Waals surface area contributed by atoms with E-state index in [1.165, 1.54) is 0 Å². The molecule has 1 atom stereocenters. The minimum atomic E-state index is -0.451. The Morgan fingerprint density at radius 2 is 2.27 bits per heavy atom. The Hall–Kier alpha value is -0.220. The van der Waals surface area contributed by atoms with Crippen LogP contribution in [0.1, 0.15) is 19.8 Å². The summed E-state index contributed by atoms with van der Waals surface area (Å²) in [4.78, 5) is 10.5. The molecule has 0 aliphatic heterocycles. The quantitative estimate of drug-likeness (QED) is 0.573. The fourth-order valence-corrected chi connectivity index (χ4v) is 1.35. The van der Waals surface area contributed by atoms with Crippen LogP contribution in [0.25, 0.3) is 0 Å². The van der Waals surface area contributed by atoms with Crippen LogP contribution in [0, 0.1) is 0 Å². The van der Waals surface area contributed by atoms with Crippen LogP contribution in [0.5, 0.6) is 0 Å². The largest absolute Gasteiger partial charge is 0.368 e. The third-order valence-electron chi connectivity index (χ3n) is 1.37. The molecule has 0 saturated carbocycles. The standard InChI is InChI=1S/C7H16N2OS/c1-2-11-5-3-4-6(8)7(9)10/h6H,2-5,8H2,1H3,(H2,9,10). The summed E-state index contributed by atoms with van der Waals surface area (Å²) < 4.78 is 0. The summed E-state index contributed by atoms with van der Waals surface area (Å²) in [5.41, 5.74) is 10.4. The van der Waals surface area contributed by atoms with Gasteiger partial charge in [0.1, 0.15) is 0 Å². The first-order valence-corrected chi connectivity index (χ1v) is 4.96. The van der Waals surface area contributed by atoms with E-state index >= 15 is 0 Å². The lowest BCUT2D eigenvalue weighted by Crippen LogP contribution is -2.36. The summed E-state index contributed by atoms with van der Waals surface area (Å²) in [6, 6.07) is -0.451. The van der Waals surface area contributed by atoms with Gasteiger partial charge in [0.2, 0.25) is 5.91 Å². The van der Waals surface area contributed by atoms with Crippen molar-refractivity contribution in [1.29, 1.82) is 0 Å². The highest BCUT2D eigenvalue weighted by atomic mass is 32.2. The Morgan fingerprint density at radius 1 is 1.64 bits per heavy atom. The Morgan fingerprint density at radius 3 is 2.73 bits per heavy atom. The average Bonchev–Trinajstić information content (AvgIpc) is 1.97. The van der Waals surface area contributed by atoms with E-state index < -0.39 is 11.9 Å². The number of rotatable bonds is 6. The molecule has 1 amide bonds. The van der Waals surface area contributed by atoms with Crippen LogP contribution in [0.3, 0.4) is 0 Å². The lowest BCUT2D eigenvalue weighted by Gasteiger charge is -2.05. The molecule has 0 aromatic carbocycles. The van der Waals surface area contributed by atoms with Crippen molar-refractivity contribution in [1.82, 2.24) is 0 Å². The molecule has 11 heavy (non-hydrogen) atoms. The molecule has 0 aromatic heterocycles. The Kier molecular flexibility index (Phi) is 6.36. The van der Waals surface area contributed by atoms with Crippen molar-refractivity contribution in [2.45, 2.75) is 25.8 Å². The van der Waals surface area contributed by atoms with Gasteiger partial charge in [-0.1, -0.05) is 6.92 Å². The molecule has 0 heterocycles. The number of carbonyl (C=O) groups is 1. The fourth-order valence-electron chi connectivity index (χ4n) is 0.692. The van der Waals surface area contributed by atoms with Crippen LogP contribution < -0.4 is 11.5 Å². The van der Waals surface area contributed by atoms with Crippen LogP contribution in [0.4, 0.5) is 0 Å². The van der Waals surface area contributed by atoms with Crippen LogP contribution in [-0.4, -0.2) is 23.5 Å². The van der Waals surface area contributed by atoms with Gasteiger partial charge in [0, 0.05) is 0 Å². The summed E-state index contributed by atoms with van der Waals surface area (Å²) in [7, 11) is 0. The molecule has 3 nitrogen and oxygen atoms in total. The minimum Gasteiger partial charge on any atom is -0.368 e. The Balaban J connectivity index is 3.17. The molecule has 66 valence electrons. The van der Waals surface area contributed by atoms with Gasteiger partial charge in [0.25, 0.3) is 0 Å². The van der Waals surface area contributed by atoms with E-state index in [0.29, 0.717) is 6.42 Å². The van der Waals surface area contributed by atoms with Gasteiger partial charge in [0.05, 0.1) is 6.04 Å². The molecule has 0 fully saturated rings. The predicted molar refractivity (Wildman–Crippen MR) is 49.4 cm³/mol. The van der Waals surface area contributed by atoms with E-state index in [2.05, 4.69) is 6.92 Å². The zero-order chi connectivity index (χ0) is 8.69. The number of nitrogens with two attached hydrogens (primary N) is 2. The molecule has 0 radical (unpaired) electrons. The van der Waals surface area contributed by atoms with Crippen LogP contribution in [-0.2, 0) is 4.79 Å². The first-order chi connectivity index (χ1) is 5.18. The molecule has 4 heteroatoms. The molecule has 4 N–H and O–H groups in total. The van der Waals surface area contributed by atoms with Gasteiger partial charge < -0.3 is 11.5 Å². The molecule has 1 unspecified atom stereocenters. The third kappa shape index (κ3) is 6.19. The summed E-state index contributed by atoms with van der Waals surface area (Å²) in [5.74, 6) is 1.79. The number of hydrogen-bond acceptors (Lipinski definition) is 3. The van der Waals surface area contributed by atoms with Gasteiger partial charge >= 0.3 is 0 Å². The zero-order valence-corrected chi connectivity index (χ0v) is 7.69. The summed E-state index contributed by atoms with van der Waals surface area (Å²) in [6.45, 7) is 2.11. The Labute approximate surface area is 71.9 Å². The van der Waals surface area contributed by atoms with Crippen molar-refractivity contribution in [3.05, 3.63) is 0 Å². The maximum atomic E-state index is 10.5. The van der Waals surface area contributed by atoms with Crippen molar-refractivity contribution in [3.63, 3.8) is 0 Å². The normalized spacial score (nSPS) is 12.9. The van der Waals surface area contributed by atoms with Crippen LogP contribution >= 0.6 is 11.8 Å². The van der Waals surface area contributed by atoms with E-state index in [0.717, 1.165) is 17.9 Å².